The summed E-state index contributed by atoms with van der Waals surface area (Å²) in [6.45, 7) is 3.76. The van der Waals surface area contributed by atoms with E-state index in [2.05, 4.69) is 4.98 Å². The maximum absolute atomic E-state index is 11.5. The summed E-state index contributed by atoms with van der Waals surface area (Å²) in [5.41, 5.74) is 1.23. The second kappa shape index (κ2) is 4.56. The van der Waals surface area contributed by atoms with E-state index in [1.54, 1.807) is 0 Å². The fourth-order valence-electron chi connectivity index (χ4n) is 0.811. The van der Waals surface area contributed by atoms with Gasteiger partial charge in [-0.15, -0.1) is 11.3 Å². The van der Waals surface area contributed by atoms with Crippen molar-refractivity contribution in [2.24, 2.45) is 0 Å². The smallest absolute Gasteiger partial charge is 0.356 e. The van der Waals surface area contributed by atoms with Crippen LogP contribution in [0.15, 0.2) is 5.51 Å². The molecule has 0 unspecified atom stereocenters. The van der Waals surface area contributed by atoms with Crippen LogP contribution < -0.4 is 0 Å². The third-order valence-electron chi connectivity index (χ3n) is 1.30. The van der Waals surface area contributed by atoms with Crippen molar-refractivity contribution >= 4 is 34.2 Å². The van der Waals surface area contributed by atoms with E-state index < -0.39 is 5.97 Å². The van der Waals surface area contributed by atoms with Gasteiger partial charge in [-0.3, -0.25) is 4.79 Å². The molecule has 0 amide bonds. The second-order valence-electron chi connectivity index (χ2n) is 2.79. The highest BCUT2D eigenvalue weighted by Gasteiger charge is 2.20. The Morgan fingerprint density at radius 2 is 2.21 bits per heavy atom. The molecule has 76 valence electrons. The molecule has 1 rings (SSSR count). The molecule has 14 heavy (non-hydrogen) atoms. The molecule has 0 spiro atoms. The van der Waals surface area contributed by atoms with Gasteiger partial charge < -0.3 is 5.11 Å². The Kier molecular flexibility index (Phi) is 3.65. The van der Waals surface area contributed by atoms with Crippen LogP contribution in [0, 0.1) is 0 Å². The van der Waals surface area contributed by atoms with Crippen LogP contribution in [-0.4, -0.2) is 26.4 Å². The summed E-state index contributed by atoms with van der Waals surface area (Å²) in [6, 6.07) is 0. The van der Waals surface area contributed by atoms with Gasteiger partial charge >= 0.3 is 5.97 Å². The Hall–Kier alpha value is -0.880. The zero-order valence-corrected chi connectivity index (χ0v) is 9.32. The molecule has 1 aromatic rings. The van der Waals surface area contributed by atoms with Crippen LogP contribution in [-0.2, 0) is 0 Å². The number of carboxylic acid groups (broad SMARTS) is 1. The molecule has 1 aromatic heterocycles. The average Bonchev–Trinajstić information content (AvgIpc) is 2.49. The molecule has 0 aliphatic rings. The van der Waals surface area contributed by atoms with Gasteiger partial charge in [0, 0.05) is 5.25 Å². The standard InChI is InChI=1S/C8H9NO3S2/c1-4(2)14-8(12)6-5(7(10)11)9-3-13-6/h3-4H,1-2H3,(H,10,11). The van der Waals surface area contributed by atoms with Crippen LogP contribution in [0.25, 0.3) is 0 Å². The van der Waals surface area contributed by atoms with Gasteiger partial charge in [0.25, 0.3) is 0 Å². The lowest BCUT2D eigenvalue weighted by Gasteiger charge is -2.01. The first-order valence-corrected chi connectivity index (χ1v) is 5.66. The molecule has 0 saturated carbocycles. The number of thiazole rings is 1. The highest BCUT2D eigenvalue weighted by molar-refractivity contribution is 8.14. The Morgan fingerprint density at radius 3 is 2.71 bits per heavy atom. The number of hydrogen-bond donors (Lipinski definition) is 1. The third-order valence-corrected chi connectivity index (χ3v) is 3.14. The van der Waals surface area contributed by atoms with Crippen LogP contribution in [0.5, 0.6) is 0 Å². The van der Waals surface area contributed by atoms with Crippen LogP contribution >= 0.6 is 23.1 Å². The van der Waals surface area contributed by atoms with E-state index in [1.807, 2.05) is 13.8 Å². The quantitative estimate of drug-likeness (QED) is 0.863. The van der Waals surface area contributed by atoms with E-state index in [1.165, 1.54) is 5.51 Å². The number of aromatic carboxylic acids is 1. The summed E-state index contributed by atoms with van der Waals surface area (Å²) < 4.78 is 0. The average molecular weight is 231 g/mol. The SMILES string of the molecule is CC(C)SC(=O)c1scnc1C(=O)O. The number of thioether (sulfide) groups is 1. The molecular formula is C8H9NO3S2. The minimum Gasteiger partial charge on any atom is -0.476 e. The number of nitrogens with zero attached hydrogens (tertiary/aromatic N) is 1. The minimum absolute atomic E-state index is 0.145. The molecule has 0 aliphatic heterocycles. The molecule has 0 bridgehead atoms. The Morgan fingerprint density at radius 1 is 1.57 bits per heavy atom. The highest BCUT2D eigenvalue weighted by atomic mass is 32.2. The van der Waals surface area contributed by atoms with Gasteiger partial charge in [0.15, 0.2) is 5.69 Å². The van der Waals surface area contributed by atoms with Crippen molar-refractivity contribution in [2.75, 3.05) is 0 Å². The number of carbonyl (C=O) groups is 2. The monoisotopic (exact) mass is 231 g/mol. The molecule has 0 fully saturated rings. The van der Waals surface area contributed by atoms with Crippen molar-refractivity contribution in [3.8, 4) is 0 Å². The molecule has 6 heteroatoms. The largest absolute Gasteiger partial charge is 0.476 e. The number of carbonyl (C=O) groups excluding carboxylic acids is 1. The van der Waals surface area contributed by atoms with E-state index in [4.69, 9.17) is 5.11 Å². The van der Waals surface area contributed by atoms with E-state index in [0.717, 1.165) is 23.1 Å². The highest BCUT2D eigenvalue weighted by Crippen LogP contribution is 2.23. The lowest BCUT2D eigenvalue weighted by Crippen LogP contribution is -2.05. The lowest BCUT2D eigenvalue weighted by molar-refractivity contribution is 0.0688. The van der Waals surface area contributed by atoms with Crippen molar-refractivity contribution in [1.82, 2.24) is 4.98 Å². The summed E-state index contributed by atoms with van der Waals surface area (Å²) in [6.07, 6.45) is 0. The summed E-state index contributed by atoms with van der Waals surface area (Å²) in [5.74, 6) is -1.15. The van der Waals surface area contributed by atoms with Crippen LogP contribution in [0.3, 0.4) is 0 Å². The maximum atomic E-state index is 11.5. The van der Waals surface area contributed by atoms with Crippen molar-refractivity contribution in [3.05, 3.63) is 16.1 Å². The normalized spacial score (nSPS) is 10.5. The number of hydrogen-bond acceptors (Lipinski definition) is 5. The maximum Gasteiger partial charge on any atom is 0.356 e. The first-order chi connectivity index (χ1) is 6.52. The predicted octanol–water partition coefficient (Wildman–Crippen LogP) is 2.12. The second-order valence-corrected chi connectivity index (χ2v) is 5.19. The first-order valence-electron chi connectivity index (χ1n) is 3.90. The third kappa shape index (κ3) is 2.55. The topological polar surface area (TPSA) is 67.3 Å². The van der Waals surface area contributed by atoms with Crippen LogP contribution in [0.4, 0.5) is 0 Å². The van der Waals surface area contributed by atoms with Gasteiger partial charge in [0.05, 0.1) is 5.51 Å². The molecule has 0 aromatic carbocycles. The molecule has 0 saturated heterocycles. The Labute approximate surface area is 89.4 Å². The van der Waals surface area contributed by atoms with Crippen LogP contribution in [0.1, 0.15) is 34.0 Å². The summed E-state index contributed by atoms with van der Waals surface area (Å²) in [5, 5.41) is 8.64. The summed E-state index contributed by atoms with van der Waals surface area (Å²) in [7, 11) is 0. The van der Waals surface area contributed by atoms with Gasteiger partial charge in [-0.05, 0) is 0 Å². The van der Waals surface area contributed by atoms with Crippen LogP contribution in [0.2, 0.25) is 0 Å². The number of aromatic nitrogens is 1. The zero-order chi connectivity index (χ0) is 10.7. The van der Waals surface area contributed by atoms with Gasteiger partial charge in [-0.1, -0.05) is 25.6 Å². The number of rotatable bonds is 3. The van der Waals surface area contributed by atoms with E-state index in [-0.39, 0.29) is 20.9 Å². The molecular weight excluding hydrogens is 222 g/mol. The zero-order valence-electron chi connectivity index (χ0n) is 7.68. The molecule has 0 atom stereocenters. The van der Waals surface area contributed by atoms with Gasteiger partial charge in [0.1, 0.15) is 4.88 Å². The van der Waals surface area contributed by atoms with Crippen molar-refractivity contribution in [2.45, 2.75) is 19.1 Å². The fraction of sp³-hybridized carbons (Fsp3) is 0.375. The molecule has 4 nitrogen and oxygen atoms in total. The molecule has 1 N–H and O–H groups in total. The molecule has 1 heterocycles. The van der Waals surface area contributed by atoms with Crippen molar-refractivity contribution in [3.63, 3.8) is 0 Å². The predicted molar refractivity (Wildman–Crippen MR) is 56.1 cm³/mol. The summed E-state index contributed by atoms with van der Waals surface area (Å²) in [4.78, 5) is 26.0. The fourth-order valence-corrected chi connectivity index (χ4v) is 2.34. The molecule has 0 aliphatic carbocycles. The Balaban J connectivity index is 2.90. The Bertz CT molecular complexity index is 359. The van der Waals surface area contributed by atoms with Gasteiger partial charge in [-0.2, -0.15) is 0 Å². The van der Waals surface area contributed by atoms with E-state index in [0.29, 0.717) is 0 Å². The molecule has 0 radical (unpaired) electrons. The van der Waals surface area contributed by atoms with Gasteiger partial charge in [0.2, 0.25) is 5.12 Å². The minimum atomic E-state index is -1.15. The van der Waals surface area contributed by atoms with Crippen molar-refractivity contribution in [1.29, 1.82) is 0 Å². The van der Waals surface area contributed by atoms with E-state index >= 15 is 0 Å². The first kappa shape index (κ1) is 11.2. The van der Waals surface area contributed by atoms with Gasteiger partial charge in [-0.25, -0.2) is 9.78 Å². The van der Waals surface area contributed by atoms with Crippen molar-refractivity contribution < 1.29 is 14.7 Å². The van der Waals surface area contributed by atoms with E-state index in [9.17, 15) is 9.59 Å². The summed E-state index contributed by atoms with van der Waals surface area (Å²) >= 11 is 2.18. The number of carboxylic acids is 1. The lowest BCUT2D eigenvalue weighted by atomic mass is 10.4.